The van der Waals surface area contributed by atoms with Crippen LogP contribution in [-0.4, -0.2) is 7.11 Å². The number of benzene rings is 1. The molecule has 0 aliphatic rings. The number of nitriles is 1. The molecule has 4 nitrogen and oxygen atoms in total. The predicted octanol–water partition coefficient (Wildman–Crippen LogP) is 1.45. The fourth-order valence-corrected chi connectivity index (χ4v) is 1.18. The van der Waals surface area contributed by atoms with E-state index < -0.39 is 0 Å². The minimum absolute atomic E-state index is 0. The average molecular weight is 250 g/mol. The average Bonchev–Trinajstić information content (AvgIpc) is 2.16. The molecule has 1 aromatic carbocycles. The lowest BCUT2D eigenvalue weighted by atomic mass is 10.1. The second-order valence-electron chi connectivity index (χ2n) is 2.57. The van der Waals surface area contributed by atoms with E-state index >= 15 is 0 Å². The molecule has 0 fully saturated rings. The van der Waals surface area contributed by atoms with Crippen molar-refractivity contribution in [1.29, 1.82) is 5.26 Å². The quantitative estimate of drug-likeness (QED) is 0.778. The summed E-state index contributed by atoms with van der Waals surface area (Å²) in [5.74, 6) is 0.557. The van der Waals surface area contributed by atoms with Crippen molar-refractivity contribution in [3.63, 3.8) is 0 Å². The standard InChI is InChI=1S/C9H11N3O.2ClH/c1-13-9-7(5-11)2-6(4-10)3-8(9)12;;/h2-3H,5,11-12H2,1H3;2*1H. The summed E-state index contributed by atoms with van der Waals surface area (Å²) in [7, 11) is 1.52. The molecule has 0 aliphatic heterocycles. The van der Waals surface area contributed by atoms with Crippen LogP contribution in [0, 0.1) is 11.3 Å². The molecular formula is C9H13Cl2N3O. The highest BCUT2D eigenvalue weighted by molar-refractivity contribution is 5.85. The van der Waals surface area contributed by atoms with Gasteiger partial charge in [-0.2, -0.15) is 5.26 Å². The molecule has 0 aliphatic carbocycles. The van der Waals surface area contributed by atoms with Crippen molar-refractivity contribution in [1.82, 2.24) is 0 Å². The molecule has 1 rings (SSSR count). The summed E-state index contributed by atoms with van der Waals surface area (Å²) >= 11 is 0. The van der Waals surface area contributed by atoms with Crippen molar-refractivity contribution < 1.29 is 4.74 Å². The van der Waals surface area contributed by atoms with Crippen LogP contribution in [-0.2, 0) is 6.54 Å². The molecule has 0 amide bonds. The summed E-state index contributed by atoms with van der Waals surface area (Å²) < 4.78 is 5.05. The highest BCUT2D eigenvalue weighted by Gasteiger charge is 2.07. The van der Waals surface area contributed by atoms with Gasteiger partial charge in [-0.25, -0.2) is 0 Å². The maximum absolute atomic E-state index is 8.66. The molecule has 4 N–H and O–H groups in total. The van der Waals surface area contributed by atoms with Gasteiger partial charge < -0.3 is 16.2 Å². The Labute approximate surface area is 101 Å². The first-order valence-electron chi connectivity index (χ1n) is 3.79. The van der Waals surface area contributed by atoms with Crippen LogP contribution in [0.25, 0.3) is 0 Å². The summed E-state index contributed by atoms with van der Waals surface area (Å²) in [6, 6.07) is 5.25. The van der Waals surface area contributed by atoms with E-state index in [2.05, 4.69) is 0 Å². The van der Waals surface area contributed by atoms with Gasteiger partial charge in [-0.15, -0.1) is 24.8 Å². The van der Waals surface area contributed by atoms with Crippen molar-refractivity contribution in [2.45, 2.75) is 6.54 Å². The first-order valence-corrected chi connectivity index (χ1v) is 3.79. The first kappa shape index (κ1) is 16.3. The van der Waals surface area contributed by atoms with Gasteiger partial charge in [0, 0.05) is 12.1 Å². The van der Waals surface area contributed by atoms with E-state index in [1.54, 1.807) is 12.1 Å². The van der Waals surface area contributed by atoms with Crippen LogP contribution < -0.4 is 16.2 Å². The van der Waals surface area contributed by atoms with Gasteiger partial charge in [0.25, 0.3) is 0 Å². The Morgan fingerprint density at radius 3 is 2.40 bits per heavy atom. The van der Waals surface area contributed by atoms with Gasteiger partial charge >= 0.3 is 0 Å². The lowest BCUT2D eigenvalue weighted by Crippen LogP contribution is -2.03. The number of hydrogen-bond donors (Lipinski definition) is 2. The van der Waals surface area contributed by atoms with Crippen LogP contribution in [0.15, 0.2) is 12.1 Å². The first-order chi connectivity index (χ1) is 6.22. The maximum atomic E-state index is 8.66. The number of nitrogens with two attached hydrogens (primary N) is 2. The Morgan fingerprint density at radius 1 is 1.40 bits per heavy atom. The molecule has 0 unspecified atom stereocenters. The Balaban J connectivity index is 0. The van der Waals surface area contributed by atoms with E-state index in [9.17, 15) is 0 Å². The van der Waals surface area contributed by atoms with Gasteiger partial charge in [-0.1, -0.05) is 0 Å². The number of hydrogen-bond acceptors (Lipinski definition) is 4. The van der Waals surface area contributed by atoms with Crippen LogP contribution in [0.5, 0.6) is 5.75 Å². The van der Waals surface area contributed by atoms with E-state index in [0.717, 1.165) is 5.56 Å². The Kier molecular flexibility index (Phi) is 7.80. The smallest absolute Gasteiger partial charge is 0.146 e. The van der Waals surface area contributed by atoms with E-state index in [1.165, 1.54) is 7.11 Å². The molecule has 0 saturated carbocycles. The van der Waals surface area contributed by atoms with Crippen LogP contribution in [0.1, 0.15) is 11.1 Å². The second kappa shape index (κ2) is 7.18. The maximum Gasteiger partial charge on any atom is 0.146 e. The van der Waals surface area contributed by atoms with Crippen molar-refractivity contribution in [3.8, 4) is 11.8 Å². The Hall–Kier alpha value is -1.15. The second-order valence-corrected chi connectivity index (χ2v) is 2.57. The molecule has 0 bridgehead atoms. The Bertz CT molecular complexity index is 363. The lowest BCUT2D eigenvalue weighted by molar-refractivity contribution is 0.412. The van der Waals surface area contributed by atoms with E-state index in [4.69, 9.17) is 21.5 Å². The predicted molar refractivity (Wildman–Crippen MR) is 64.5 cm³/mol. The molecule has 1 aromatic rings. The van der Waals surface area contributed by atoms with Crippen molar-refractivity contribution >= 4 is 30.5 Å². The molecule has 0 atom stereocenters. The zero-order valence-corrected chi connectivity index (χ0v) is 9.82. The minimum atomic E-state index is 0. The zero-order chi connectivity index (χ0) is 9.84. The molecule has 0 spiro atoms. The fraction of sp³-hybridized carbons (Fsp3) is 0.222. The third-order valence-corrected chi connectivity index (χ3v) is 1.75. The third kappa shape index (κ3) is 3.48. The summed E-state index contributed by atoms with van der Waals surface area (Å²) in [6.45, 7) is 0.308. The third-order valence-electron chi connectivity index (χ3n) is 1.75. The molecule has 0 heterocycles. The minimum Gasteiger partial charge on any atom is -0.494 e. The molecule has 0 saturated heterocycles. The monoisotopic (exact) mass is 249 g/mol. The summed E-state index contributed by atoms with van der Waals surface area (Å²) in [4.78, 5) is 0. The highest BCUT2D eigenvalue weighted by atomic mass is 35.5. The highest BCUT2D eigenvalue weighted by Crippen LogP contribution is 2.27. The van der Waals surface area contributed by atoms with E-state index in [-0.39, 0.29) is 24.8 Å². The number of nitrogens with zero attached hydrogens (tertiary/aromatic N) is 1. The molecule has 6 heteroatoms. The molecule has 0 aromatic heterocycles. The molecular weight excluding hydrogens is 237 g/mol. The summed E-state index contributed by atoms with van der Waals surface area (Å²) in [5.41, 5.74) is 12.8. The van der Waals surface area contributed by atoms with E-state index in [1.807, 2.05) is 6.07 Å². The number of methoxy groups -OCH3 is 1. The van der Waals surface area contributed by atoms with Gasteiger partial charge in [-0.3, -0.25) is 0 Å². The molecule has 84 valence electrons. The topological polar surface area (TPSA) is 85.1 Å². The van der Waals surface area contributed by atoms with Crippen molar-refractivity contribution in [2.24, 2.45) is 5.73 Å². The normalized spacial score (nSPS) is 8.07. The van der Waals surface area contributed by atoms with Crippen LogP contribution in [0.2, 0.25) is 0 Å². The van der Waals surface area contributed by atoms with Gasteiger partial charge in [0.15, 0.2) is 0 Å². The number of rotatable bonds is 2. The van der Waals surface area contributed by atoms with Crippen LogP contribution >= 0.6 is 24.8 Å². The number of nitrogen functional groups attached to an aromatic ring is 1. The number of ether oxygens (including phenoxy) is 1. The SMILES string of the molecule is COc1c(N)cc(C#N)cc1CN.Cl.Cl. The number of halogens is 2. The van der Waals surface area contributed by atoms with Gasteiger partial charge in [0.05, 0.1) is 24.4 Å². The largest absolute Gasteiger partial charge is 0.494 e. The number of anilines is 1. The summed E-state index contributed by atoms with van der Waals surface area (Å²) in [5, 5.41) is 8.66. The molecule has 15 heavy (non-hydrogen) atoms. The van der Waals surface area contributed by atoms with Crippen molar-refractivity contribution in [2.75, 3.05) is 12.8 Å². The summed E-state index contributed by atoms with van der Waals surface area (Å²) in [6.07, 6.45) is 0. The van der Waals surface area contributed by atoms with Crippen LogP contribution in [0.4, 0.5) is 5.69 Å². The molecule has 0 radical (unpaired) electrons. The van der Waals surface area contributed by atoms with E-state index in [0.29, 0.717) is 23.5 Å². The zero-order valence-electron chi connectivity index (χ0n) is 8.19. The van der Waals surface area contributed by atoms with Gasteiger partial charge in [0.2, 0.25) is 0 Å². The van der Waals surface area contributed by atoms with Crippen molar-refractivity contribution in [3.05, 3.63) is 23.3 Å². The fourth-order valence-electron chi connectivity index (χ4n) is 1.18. The van der Waals surface area contributed by atoms with Gasteiger partial charge in [-0.05, 0) is 12.1 Å². The van der Waals surface area contributed by atoms with Crippen LogP contribution in [0.3, 0.4) is 0 Å². The Morgan fingerprint density at radius 2 is 2.00 bits per heavy atom. The lowest BCUT2D eigenvalue weighted by Gasteiger charge is -2.09. The van der Waals surface area contributed by atoms with Gasteiger partial charge in [0.1, 0.15) is 5.75 Å².